The number of nitrogens with zero attached hydrogens (tertiary/aromatic N) is 1. The quantitative estimate of drug-likeness (QED) is 0.859. The molecule has 1 heterocycles. The molecule has 1 aliphatic carbocycles. The lowest BCUT2D eigenvalue weighted by Gasteiger charge is -2.44. The first-order chi connectivity index (χ1) is 10.0. The second-order valence-corrected chi connectivity index (χ2v) is 6.09. The Hall–Kier alpha value is -1.97. The number of amides is 2. The standard InChI is InChI=1S/C17H20N2O2/c1-11-6-8-13(9-7-11)15-17(10-4-3-5-14(17)20)12(2)18-16(21)19-15/h6-9,15H,3-5,10H2,1-2H3,(H,19,21). The lowest BCUT2D eigenvalue weighted by Crippen LogP contribution is -2.54. The van der Waals surface area contributed by atoms with E-state index < -0.39 is 5.41 Å². The van der Waals surface area contributed by atoms with Crippen molar-refractivity contribution in [3.8, 4) is 0 Å². The predicted octanol–water partition coefficient (Wildman–Crippen LogP) is 3.35. The van der Waals surface area contributed by atoms with E-state index in [1.165, 1.54) is 0 Å². The first kappa shape index (κ1) is 14.0. The van der Waals surface area contributed by atoms with Crippen LogP contribution in [0.15, 0.2) is 29.3 Å². The molecule has 4 heteroatoms. The van der Waals surface area contributed by atoms with E-state index in [-0.39, 0.29) is 17.9 Å². The molecule has 110 valence electrons. The van der Waals surface area contributed by atoms with Gasteiger partial charge < -0.3 is 5.32 Å². The summed E-state index contributed by atoms with van der Waals surface area (Å²) in [6, 6.07) is 7.40. The van der Waals surface area contributed by atoms with Crippen molar-refractivity contribution in [2.24, 2.45) is 10.4 Å². The van der Waals surface area contributed by atoms with Gasteiger partial charge >= 0.3 is 6.03 Å². The van der Waals surface area contributed by atoms with Gasteiger partial charge in [0.2, 0.25) is 0 Å². The molecule has 2 unspecified atom stereocenters. The number of Topliss-reactive ketones (excluding diaryl/α,β-unsaturated/α-hetero) is 1. The fraction of sp³-hybridized carbons (Fsp3) is 0.471. The largest absolute Gasteiger partial charge is 0.341 e. The number of aryl methyl sites for hydroxylation is 1. The van der Waals surface area contributed by atoms with Gasteiger partial charge in [-0.25, -0.2) is 9.79 Å². The Balaban J connectivity index is 2.11. The molecule has 0 bridgehead atoms. The SMILES string of the molecule is CC1=NC(=O)NC(c2ccc(C)cc2)C12CCCCC2=O. The number of aliphatic imine (C=N–C) groups is 1. The van der Waals surface area contributed by atoms with Crippen LogP contribution in [0.1, 0.15) is 49.8 Å². The van der Waals surface area contributed by atoms with Gasteiger partial charge in [-0.3, -0.25) is 4.79 Å². The molecular weight excluding hydrogens is 264 g/mol. The average Bonchev–Trinajstić information content (AvgIpc) is 2.46. The molecule has 1 fully saturated rings. The van der Waals surface area contributed by atoms with Crippen LogP contribution < -0.4 is 5.32 Å². The third-order valence-corrected chi connectivity index (χ3v) is 4.81. The summed E-state index contributed by atoms with van der Waals surface area (Å²) in [5.41, 5.74) is 2.16. The van der Waals surface area contributed by atoms with Crippen molar-refractivity contribution in [1.29, 1.82) is 0 Å². The smallest absolute Gasteiger partial charge is 0.328 e. The summed E-state index contributed by atoms with van der Waals surface area (Å²) >= 11 is 0. The minimum Gasteiger partial charge on any atom is -0.328 e. The number of carbonyl (C=O) groups is 2. The maximum atomic E-state index is 12.7. The molecule has 1 aromatic rings. The van der Waals surface area contributed by atoms with Gasteiger partial charge in [0.1, 0.15) is 5.78 Å². The van der Waals surface area contributed by atoms with Gasteiger partial charge in [-0.2, -0.15) is 0 Å². The first-order valence-corrected chi connectivity index (χ1v) is 7.50. The van der Waals surface area contributed by atoms with E-state index in [1.807, 2.05) is 38.1 Å². The molecule has 1 N–H and O–H groups in total. The molecule has 4 nitrogen and oxygen atoms in total. The second-order valence-electron chi connectivity index (χ2n) is 6.09. The maximum absolute atomic E-state index is 12.7. The molecule has 2 amide bonds. The molecule has 0 radical (unpaired) electrons. The maximum Gasteiger partial charge on any atom is 0.341 e. The molecule has 1 spiro atoms. The predicted molar refractivity (Wildman–Crippen MR) is 81.5 cm³/mol. The van der Waals surface area contributed by atoms with Crippen LogP contribution in [0.3, 0.4) is 0 Å². The number of carbonyl (C=O) groups excluding carboxylic acids is 2. The van der Waals surface area contributed by atoms with Crippen molar-refractivity contribution in [3.05, 3.63) is 35.4 Å². The van der Waals surface area contributed by atoms with Crippen LogP contribution in [0.25, 0.3) is 0 Å². The van der Waals surface area contributed by atoms with E-state index in [1.54, 1.807) is 0 Å². The summed E-state index contributed by atoms with van der Waals surface area (Å²) in [5.74, 6) is 0.209. The summed E-state index contributed by atoms with van der Waals surface area (Å²) in [4.78, 5) is 28.6. The van der Waals surface area contributed by atoms with Crippen LogP contribution in [0, 0.1) is 12.3 Å². The van der Waals surface area contributed by atoms with E-state index >= 15 is 0 Å². The van der Waals surface area contributed by atoms with Crippen molar-refractivity contribution < 1.29 is 9.59 Å². The number of hydrogen-bond donors (Lipinski definition) is 1. The number of urea groups is 1. The Bertz CT molecular complexity index is 618. The molecule has 1 saturated carbocycles. The normalized spacial score (nSPS) is 29.2. The molecule has 0 saturated heterocycles. The number of hydrogen-bond acceptors (Lipinski definition) is 2. The van der Waals surface area contributed by atoms with E-state index in [9.17, 15) is 9.59 Å². The fourth-order valence-corrected chi connectivity index (χ4v) is 3.61. The van der Waals surface area contributed by atoms with E-state index in [4.69, 9.17) is 0 Å². The van der Waals surface area contributed by atoms with Gasteiger partial charge in [-0.15, -0.1) is 0 Å². The lowest BCUT2D eigenvalue weighted by molar-refractivity contribution is -0.128. The molecule has 1 aliphatic heterocycles. The van der Waals surface area contributed by atoms with Gasteiger partial charge in [-0.1, -0.05) is 36.2 Å². The van der Waals surface area contributed by atoms with Crippen LogP contribution in [0.2, 0.25) is 0 Å². The Morgan fingerprint density at radius 1 is 1.14 bits per heavy atom. The molecule has 3 rings (SSSR count). The Labute approximate surface area is 124 Å². The summed E-state index contributed by atoms with van der Waals surface area (Å²) in [6.07, 6.45) is 3.27. The zero-order valence-corrected chi connectivity index (χ0v) is 12.5. The topological polar surface area (TPSA) is 58.5 Å². The van der Waals surface area contributed by atoms with Crippen molar-refractivity contribution in [1.82, 2.24) is 5.32 Å². The number of benzene rings is 1. The number of rotatable bonds is 1. The first-order valence-electron chi connectivity index (χ1n) is 7.50. The van der Waals surface area contributed by atoms with Crippen LogP contribution in [-0.4, -0.2) is 17.5 Å². The summed E-state index contributed by atoms with van der Waals surface area (Å²) in [7, 11) is 0. The van der Waals surface area contributed by atoms with Crippen molar-refractivity contribution in [3.63, 3.8) is 0 Å². The van der Waals surface area contributed by atoms with Gasteiger partial charge in [0.05, 0.1) is 11.5 Å². The zero-order valence-electron chi connectivity index (χ0n) is 12.5. The molecular formula is C17H20N2O2. The van der Waals surface area contributed by atoms with E-state index in [0.29, 0.717) is 12.1 Å². The van der Waals surface area contributed by atoms with Crippen LogP contribution in [-0.2, 0) is 4.79 Å². The highest BCUT2D eigenvalue weighted by Gasteiger charge is 2.52. The highest BCUT2D eigenvalue weighted by Crippen LogP contribution is 2.46. The third-order valence-electron chi connectivity index (χ3n) is 4.81. The zero-order chi connectivity index (χ0) is 15.0. The molecule has 0 aromatic heterocycles. The van der Waals surface area contributed by atoms with Crippen LogP contribution >= 0.6 is 0 Å². The van der Waals surface area contributed by atoms with Crippen LogP contribution in [0.4, 0.5) is 4.79 Å². The highest BCUT2D eigenvalue weighted by molar-refractivity contribution is 6.14. The minimum atomic E-state index is -0.651. The summed E-state index contributed by atoms with van der Waals surface area (Å²) in [6.45, 7) is 3.85. The van der Waals surface area contributed by atoms with Crippen LogP contribution in [0.5, 0.6) is 0 Å². The molecule has 2 aliphatic rings. The van der Waals surface area contributed by atoms with Crippen molar-refractivity contribution >= 4 is 17.5 Å². The summed E-state index contributed by atoms with van der Waals surface area (Å²) in [5, 5.41) is 2.93. The van der Waals surface area contributed by atoms with Gasteiger partial charge in [-0.05, 0) is 32.3 Å². The lowest BCUT2D eigenvalue weighted by atomic mass is 9.63. The molecule has 1 aromatic carbocycles. The average molecular weight is 284 g/mol. The second kappa shape index (κ2) is 5.10. The monoisotopic (exact) mass is 284 g/mol. The summed E-state index contributed by atoms with van der Waals surface area (Å²) < 4.78 is 0. The highest BCUT2D eigenvalue weighted by atomic mass is 16.2. The van der Waals surface area contributed by atoms with Gasteiger partial charge in [0.25, 0.3) is 0 Å². The minimum absolute atomic E-state index is 0.209. The Kier molecular flexibility index (Phi) is 3.40. The number of nitrogens with one attached hydrogen (secondary N) is 1. The fourth-order valence-electron chi connectivity index (χ4n) is 3.61. The molecule has 21 heavy (non-hydrogen) atoms. The number of ketones is 1. The van der Waals surface area contributed by atoms with Gasteiger partial charge in [0.15, 0.2) is 0 Å². The van der Waals surface area contributed by atoms with Gasteiger partial charge in [0, 0.05) is 12.1 Å². The Morgan fingerprint density at radius 2 is 1.86 bits per heavy atom. The van der Waals surface area contributed by atoms with Crippen molar-refractivity contribution in [2.75, 3.05) is 0 Å². The third kappa shape index (κ3) is 2.19. The Morgan fingerprint density at radius 3 is 2.52 bits per heavy atom. The van der Waals surface area contributed by atoms with E-state index in [2.05, 4.69) is 10.3 Å². The van der Waals surface area contributed by atoms with Crippen molar-refractivity contribution in [2.45, 2.75) is 45.6 Å². The van der Waals surface area contributed by atoms with E-state index in [0.717, 1.165) is 30.4 Å². The molecule has 2 atom stereocenters.